The molecule has 0 heterocycles. The Hall–Kier alpha value is -1.25. The van der Waals surface area contributed by atoms with E-state index in [9.17, 15) is 28.2 Å². The van der Waals surface area contributed by atoms with Gasteiger partial charge in [0.25, 0.3) is 0 Å². The largest absolute Gasteiger partial charge is 0.478 e. The number of carboxylic acids is 2. The number of hydrogen-bond acceptors (Lipinski definition) is 8. The average Bonchev–Trinajstić information content (AvgIpc) is 2.47. The number of carbonyl (C=O) groups is 2. The minimum Gasteiger partial charge on any atom is -0.478 e. The Balaban J connectivity index is 3.27. The summed E-state index contributed by atoms with van der Waals surface area (Å²) in [6.07, 6.45) is -6.47. The number of alkyl halides is 1. The van der Waals surface area contributed by atoms with Crippen molar-refractivity contribution in [3.05, 3.63) is 11.6 Å². The summed E-state index contributed by atoms with van der Waals surface area (Å²) in [6.45, 7) is -2.17. The zero-order valence-corrected chi connectivity index (χ0v) is 14.8. The smallest absolute Gasteiger partial charge is 0.472 e. The van der Waals surface area contributed by atoms with Crippen LogP contribution in [0, 0.1) is 0 Å². The van der Waals surface area contributed by atoms with Gasteiger partial charge >= 0.3 is 33.4 Å². The number of phosphoric acid groups is 2. The lowest BCUT2D eigenvalue weighted by Crippen LogP contribution is -2.53. The Morgan fingerprint density at radius 3 is 2.11 bits per heavy atom. The van der Waals surface area contributed by atoms with Crippen LogP contribution in [0.1, 0.15) is 6.42 Å². The fourth-order valence-corrected chi connectivity index (χ4v) is 3.15. The summed E-state index contributed by atoms with van der Waals surface area (Å²) >= 11 is 0. The normalized spacial score (nSPS) is 26.1. The summed E-state index contributed by atoms with van der Waals surface area (Å²) in [7, 11) is -10.9. The summed E-state index contributed by atoms with van der Waals surface area (Å²) < 4.78 is 47.7. The number of aliphatic hydroxyl groups is 1. The molecule has 0 unspecified atom stereocenters. The molecule has 0 amide bonds. The van der Waals surface area contributed by atoms with Gasteiger partial charge in [-0.15, -0.1) is 0 Å². The minimum atomic E-state index is -5.64. The zero-order valence-electron chi connectivity index (χ0n) is 13.0. The van der Waals surface area contributed by atoms with Crippen LogP contribution in [0.3, 0.4) is 0 Å². The molecule has 0 aliphatic heterocycles. The van der Waals surface area contributed by atoms with Gasteiger partial charge < -0.3 is 39.6 Å². The van der Waals surface area contributed by atoms with Crippen LogP contribution in [0.2, 0.25) is 0 Å². The fraction of sp³-hybridized carbons (Fsp3) is 0.600. The number of aliphatic hydroxyl groups excluding tert-OH is 1. The lowest BCUT2D eigenvalue weighted by molar-refractivity contribution is -0.252. The molecule has 1 aliphatic rings. The first-order valence-corrected chi connectivity index (χ1v) is 9.76. The van der Waals surface area contributed by atoms with Crippen LogP contribution < -0.4 is 0 Å². The highest BCUT2D eigenvalue weighted by molar-refractivity contribution is 7.46. The third kappa shape index (κ3) is 6.69. The number of rotatable bonds is 9. The SMILES string of the molecule is O=C(O)C1=C[C@@H](OP(=O)(O)O)[C@@H](O)[C@H](O[C@](CF)(OP(=O)(O)O)C(=O)O)C1. The lowest BCUT2D eigenvalue weighted by Gasteiger charge is -2.37. The molecule has 17 heteroatoms. The van der Waals surface area contributed by atoms with E-state index in [1.165, 1.54) is 0 Å². The molecule has 0 saturated carbocycles. The second-order valence-electron chi connectivity index (χ2n) is 5.18. The highest BCUT2D eigenvalue weighted by Gasteiger charge is 2.52. The van der Waals surface area contributed by atoms with Gasteiger partial charge in [-0.3, -0.25) is 4.52 Å². The van der Waals surface area contributed by atoms with Gasteiger partial charge in [0.15, 0.2) is 6.67 Å². The summed E-state index contributed by atoms with van der Waals surface area (Å²) in [5.74, 6) is -7.68. The van der Waals surface area contributed by atoms with E-state index in [0.717, 1.165) is 0 Å². The highest BCUT2D eigenvalue weighted by Crippen LogP contribution is 2.45. The Morgan fingerprint density at radius 1 is 1.19 bits per heavy atom. The minimum absolute atomic E-state index is 0.605. The van der Waals surface area contributed by atoms with Crippen LogP contribution in [0.5, 0.6) is 0 Å². The molecule has 1 aliphatic carbocycles. The molecule has 4 atom stereocenters. The first-order valence-electron chi connectivity index (χ1n) is 6.69. The van der Waals surface area contributed by atoms with Crippen LogP contribution in [0.4, 0.5) is 4.39 Å². The summed E-state index contributed by atoms with van der Waals surface area (Å²) in [5.41, 5.74) is -0.668. The predicted octanol–water partition coefficient (Wildman–Crippen LogP) is -1.52. The second-order valence-corrected chi connectivity index (χ2v) is 7.54. The van der Waals surface area contributed by atoms with Crippen molar-refractivity contribution in [1.29, 1.82) is 0 Å². The summed E-state index contributed by atoms with van der Waals surface area (Å²) in [5, 5.41) is 28.1. The van der Waals surface area contributed by atoms with Gasteiger partial charge in [-0.05, 0) is 6.08 Å². The van der Waals surface area contributed by atoms with Gasteiger partial charge in [-0.25, -0.2) is 27.6 Å². The van der Waals surface area contributed by atoms with E-state index < -0.39 is 70.4 Å². The number of halogens is 1. The number of phosphoric ester groups is 2. The van der Waals surface area contributed by atoms with E-state index >= 15 is 0 Å². The molecule has 14 nitrogen and oxygen atoms in total. The molecule has 0 spiro atoms. The number of ether oxygens (including phenoxy) is 1. The molecular weight excluding hydrogens is 425 g/mol. The topological polar surface area (TPSA) is 238 Å². The maximum atomic E-state index is 13.3. The second kappa shape index (κ2) is 8.41. The fourth-order valence-electron chi connectivity index (χ4n) is 2.10. The van der Waals surface area contributed by atoms with Crippen LogP contribution in [0.15, 0.2) is 11.6 Å². The first kappa shape index (κ1) is 23.8. The molecule has 7 N–H and O–H groups in total. The van der Waals surface area contributed by atoms with Crippen LogP contribution in [0.25, 0.3) is 0 Å². The van der Waals surface area contributed by atoms with Gasteiger partial charge in [-0.2, -0.15) is 0 Å². The Bertz CT molecular complexity index is 711. The summed E-state index contributed by atoms with van der Waals surface area (Å²) in [6, 6.07) is 0. The molecule has 1 rings (SSSR count). The van der Waals surface area contributed by atoms with Crippen LogP contribution in [-0.4, -0.2) is 77.6 Å². The lowest BCUT2D eigenvalue weighted by atomic mass is 9.92. The van der Waals surface area contributed by atoms with E-state index in [1.807, 2.05) is 0 Å². The van der Waals surface area contributed by atoms with Crippen molar-refractivity contribution in [2.24, 2.45) is 0 Å². The maximum Gasteiger partial charge on any atom is 0.472 e. The van der Waals surface area contributed by atoms with Crippen molar-refractivity contribution < 1.29 is 71.8 Å². The van der Waals surface area contributed by atoms with Gasteiger partial charge in [0, 0.05) is 12.0 Å². The first-order chi connectivity index (χ1) is 12.1. The summed E-state index contributed by atoms with van der Waals surface area (Å²) in [4.78, 5) is 57.5. The van der Waals surface area contributed by atoms with E-state index in [0.29, 0.717) is 6.08 Å². The van der Waals surface area contributed by atoms with Gasteiger partial charge in [0.05, 0.1) is 6.10 Å². The van der Waals surface area contributed by atoms with E-state index in [-0.39, 0.29) is 0 Å². The molecule has 0 bridgehead atoms. The van der Waals surface area contributed by atoms with Gasteiger partial charge in [0.1, 0.15) is 12.2 Å². The molecule has 0 radical (unpaired) electrons. The van der Waals surface area contributed by atoms with Crippen LogP contribution >= 0.6 is 15.6 Å². The zero-order chi connectivity index (χ0) is 21.2. The Morgan fingerprint density at radius 2 is 1.74 bits per heavy atom. The van der Waals surface area contributed by atoms with Crippen molar-refractivity contribution in [3.8, 4) is 0 Å². The quantitative estimate of drug-likeness (QED) is 0.159. The molecular formula is C10H15FO14P2. The van der Waals surface area contributed by atoms with Crippen molar-refractivity contribution in [2.75, 3.05) is 6.67 Å². The molecule has 0 aromatic rings. The van der Waals surface area contributed by atoms with Crippen LogP contribution in [-0.2, 0) is 32.5 Å². The van der Waals surface area contributed by atoms with Crippen molar-refractivity contribution >= 4 is 27.6 Å². The standard InChI is InChI=1S/C10H15FO14P2/c11-3-10(9(15)16,25-27(20,21)22)23-5-1-4(8(13)14)2-6(7(5)12)24-26(17,18)19/h2,5-7,12H,1,3H2,(H,13,14)(H,15,16)(H2,17,18,19)(H2,20,21,22)/t5-,6-,7+,10-/m1/s1. The molecule has 27 heavy (non-hydrogen) atoms. The number of carboxylic acid groups (broad SMARTS) is 2. The Kier molecular flexibility index (Phi) is 7.41. The van der Waals surface area contributed by atoms with Crippen molar-refractivity contribution in [2.45, 2.75) is 30.5 Å². The number of aliphatic carboxylic acids is 2. The van der Waals surface area contributed by atoms with Gasteiger partial charge in [0.2, 0.25) is 0 Å². The van der Waals surface area contributed by atoms with E-state index in [1.54, 1.807) is 0 Å². The average molecular weight is 440 g/mol. The Labute approximate surface area is 149 Å². The third-order valence-corrected chi connectivity index (χ3v) is 4.20. The van der Waals surface area contributed by atoms with E-state index in [4.69, 9.17) is 29.8 Å². The monoisotopic (exact) mass is 440 g/mol. The predicted molar refractivity (Wildman–Crippen MR) is 77.6 cm³/mol. The van der Waals surface area contributed by atoms with Crippen molar-refractivity contribution in [1.82, 2.24) is 0 Å². The molecule has 0 aromatic heterocycles. The highest BCUT2D eigenvalue weighted by atomic mass is 31.2. The molecule has 156 valence electrons. The molecule has 0 saturated heterocycles. The molecule has 0 aromatic carbocycles. The number of hydrogen-bond donors (Lipinski definition) is 7. The maximum absolute atomic E-state index is 13.3. The molecule has 0 fully saturated rings. The van der Waals surface area contributed by atoms with E-state index in [2.05, 4.69) is 13.8 Å². The van der Waals surface area contributed by atoms with Crippen molar-refractivity contribution in [3.63, 3.8) is 0 Å². The van der Waals surface area contributed by atoms with Gasteiger partial charge in [-0.1, -0.05) is 0 Å². The third-order valence-electron chi connectivity index (χ3n) is 3.15.